The number of imide groups is 1. The van der Waals surface area contributed by atoms with Gasteiger partial charge in [0.05, 0.1) is 11.5 Å². The number of urea groups is 1. The zero-order valence-electron chi connectivity index (χ0n) is 12.8. The van der Waals surface area contributed by atoms with Gasteiger partial charge in [-0.15, -0.1) is 0 Å². The number of nitro groups is 1. The molecule has 1 aromatic rings. The zero-order valence-corrected chi connectivity index (χ0v) is 12.8. The Morgan fingerprint density at radius 2 is 2.05 bits per heavy atom. The predicted molar refractivity (Wildman–Crippen MR) is 80.2 cm³/mol. The average molecular weight is 305 g/mol. The largest absolute Gasteiger partial charge is 0.326 e. The number of hydrogen-bond donors (Lipinski definition) is 1. The number of carbonyl (C=O) groups is 2. The van der Waals surface area contributed by atoms with Gasteiger partial charge in [0.2, 0.25) is 0 Å². The Kier molecular flexibility index (Phi) is 4.44. The van der Waals surface area contributed by atoms with Crippen molar-refractivity contribution in [2.45, 2.75) is 39.8 Å². The van der Waals surface area contributed by atoms with E-state index in [0.29, 0.717) is 17.5 Å². The molecule has 1 aromatic carbocycles. The van der Waals surface area contributed by atoms with Crippen molar-refractivity contribution in [3.05, 3.63) is 39.4 Å². The second-order valence-electron chi connectivity index (χ2n) is 5.87. The minimum absolute atomic E-state index is 0.0108. The number of nitrogens with zero attached hydrogens (tertiary/aromatic N) is 2. The van der Waals surface area contributed by atoms with Gasteiger partial charge in [0.25, 0.3) is 11.6 Å². The minimum Gasteiger partial charge on any atom is -0.326 e. The third kappa shape index (κ3) is 3.08. The molecule has 1 aliphatic heterocycles. The van der Waals surface area contributed by atoms with E-state index in [1.165, 1.54) is 6.07 Å². The molecule has 1 saturated heterocycles. The molecule has 7 heteroatoms. The van der Waals surface area contributed by atoms with Crippen molar-refractivity contribution in [3.8, 4) is 0 Å². The van der Waals surface area contributed by atoms with Gasteiger partial charge in [-0.05, 0) is 24.8 Å². The van der Waals surface area contributed by atoms with Crippen LogP contribution in [0.15, 0.2) is 18.2 Å². The lowest BCUT2D eigenvalue weighted by Crippen LogP contribution is -2.31. The lowest BCUT2D eigenvalue weighted by atomic mass is 10.0. The Morgan fingerprint density at radius 1 is 1.36 bits per heavy atom. The predicted octanol–water partition coefficient (Wildman–Crippen LogP) is 2.37. The Balaban J connectivity index is 2.21. The highest BCUT2D eigenvalue weighted by Gasteiger charge is 2.38. The minimum atomic E-state index is -0.508. The molecule has 1 N–H and O–H groups in total. The normalized spacial score (nSPS) is 18.0. The molecule has 0 saturated carbocycles. The van der Waals surface area contributed by atoms with E-state index >= 15 is 0 Å². The van der Waals surface area contributed by atoms with Crippen LogP contribution in [0.3, 0.4) is 0 Å². The van der Waals surface area contributed by atoms with Crippen LogP contribution in [0.25, 0.3) is 0 Å². The van der Waals surface area contributed by atoms with Crippen LogP contribution in [0.5, 0.6) is 0 Å². The summed E-state index contributed by atoms with van der Waals surface area (Å²) in [6.45, 7) is 5.63. The zero-order chi connectivity index (χ0) is 16.4. The Bertz CT molecular complexity index is 627. The lowest BCUT2D eigenvalue weighted by molar-refractivity contribution is -0.385. The van der Waals surface area contributed by atoms with Crippen LogP contribution in [-0.2, 0) is 11.3 Å². The third-order valence-electron chi connectivity index (χ3n) is 3.76. The van der Waals surface area contributed by atoms with Crippen LogP contribution in [0, 0.1) is 23.0 Å². The Morgan fingerprint density at radius 3 is 2.64 bits per heavy atom. The van der Waals surface area contributed by atoms with E-state index in [9.17, 15) is 19.7 Å². The van der Waals surface area contributed by atoms with E-state index in [4.69, 9.17) is 0 Å². The van der Waals surface area contributed by atoms with Crippen molar-refractivity contribution < 1.29 is 14.5 Å². The summed E-state index contributed by atoms with van der Waals surface area (Å²) >= 11 is 0. The fourth-order valence-corrected chi connectivity index (χ4v) is 2.57. The summed E-state index contributed by atoms with van der Waals surface area (Å²) in [7, 11) is 0. The van der Waals surface area contributed by atoms with Crippen molar-refractivity contribution in [2.24, 2.45) is 5.92 Å². The first-order valence-electron chi connectivity index (χ1n) is 7.16. The Labute approximate surface area is 128 Å². The first-order valence-corrected chi connectivity index (χ1v) is 7.16. The van der Waals surface area contributed by atoms with Gasteiger partial charge in [0.1, 0.15) is 6.04 Å². The smallest absolute Gasteiger partial charge is 0.325 e. The molecular formula is C15H19N3O4. The molecule has 0 spiro atoms. The van der Waals surface area contributed by atoms with Crippen LogP contribution < -0.4 is 5.32 Å². The second kappa shape index (κ2) is 6.13. The van der Waals surface area contributed by atoms with Gasteiger partial charge in [0, 0.05) is 11.6 Å². The van der Waals surface area contributed by atoms with Gasteiger partial charge < -0.3 is 5.32 Å². The molecule has 1 aliphatic rings. The maximum absolute atomic E-state index is 12.3. The summed E-state index contributed by atoms with van der Waals surface area (Å²) in [6.07, 6.45) is 0.578. The number of amides is 3. The summed E-state index contributed by atoms with van der Waals surface area (Å²) in [5.74, 6) is 0.0124. The first kappa shape index (κ1) is 15.9. The fourth-order valence-electron chi connectivity index (χ4n) is 2.57. The van der Waals surface area contributed by atoms with E-state index in [-0.39, 0.29) is 24.1 Å². The highest BCUT2D eigenvalue weighted by molar-refractivity contribution is 6.04. The van der Waals surface area contributed by atoms with Crippen molar-refractivity contribution in [2.75, 3.05) is 0 Å². The van der Waals surface area contributed by atoms with Gasteiger partial charge in [-0.1, -0.05) is 26.0 Å². The number of carbonyl (C=O) groups excluding carboxylic acids is 2. The van der Waals surface area contributed by atoms with E-state index in [1.807, 2.05) is 13.8 Å². The van der Waals surface area contributed by atoms with Gasteiger partial charge in [0.15, 0.2) is 0 Å². The van der Waals surface area contributed by atoms with Crippen LogP contribution in [0.4, 0.5) is 10.5 Å². The fraction of sp³-hybridized carbons (Fsp3) is 0.467. The molecule has 3 amide bonds. The molecule has 0 aliphatic carbocycles. The van der Waals surface area contributed by atoms with E-state index < -0.39 is 17.0 Å². The molecule has 2 rings (SSSR count). The summed E-state index contributed by atoms with van der Waals surface area (Å²) in [6, 6.07) is 3.71. The van der Waals surface area contributed by atoms with Crippen LogP contribution in [0.2, 0.25) is 0 Å². The van der Waals surface area contributed by atoms with Crippen LogP contribution in [-0.4, -0.2) is 27.8 Å². The van der Waals surface area contributed by atoms with E-state index in [1.54, 1.807) is 19.1 Å². The van der Waals surface area contributed by atoms with Crippen LogP contribution in [0.1, 0.15) is 31.4 Å². The first-order chi connectivity index (χ1) is 10.3. The Hall–Kier alpha value is -2.44. The summed E-state index contributed by atoms with van der Waals surface area (Å²) in [5, 5.41) is 13.6. The van der Waals surface area contributed by atoms with Gasteiger partial charge in [-0.25, -0.2) is 4.79 Å². The number of hydrogen-bond acceptors (Lipinski definition) is 4. The standard InChI is InChI=1S/C15H19N3O4/c1-9(2)7-12-14(19)17(15(20)16-12)8-11-5-4-6-13(10(11)3)18(21)22/h4-6,9,12H,7-8H2,1-3H3,(H,16,20). The topological polar surface area (TPSA) is 92.6 Å². The molecule has 0 bridgehead atoms. The van der Waals surface area contributed by atoms with Crippen LogP contribution >= 0.6 is 0 Å². The molecule has 1 atom stereocenters. The second-order valence-corrected chi connectivity index (χ2v) is 5.87. The number of benzene rings is 1. The summed E-state index contributed by atoms with van der Waals surface area (Å²) in [4.78, 5) is 35.9. The molecule has 22 heavy (non-hydrogen) atoms. The highest BCUT2D eigenvalue weighted by Crippen LogP contribution is 2.24. The summed E-state index contributed by atoms with van der Waals surface area (Å²) in [5.41, 5.74) is 1.06. The third-order valence-corrected chi connectivity index (χ3v) is 3.76. The molecule has 1 unspecified atom stereocenters. The van der Waals surface area contributed by atoms with Crippen molar-refractivity contribution in [1.82, 2.24) is 10.2 Å². The molecule has 1 fully saturated rings. The SMILES string of the molecule is Cc1c(CN2C(=O)NC(CC(C)C)C2=O)cccc1[N+](=O)[O-]. The quantitative estimate of drug-likeness (QED) is 0.513. The monoisotopic (exact) mass is 305 g/mol. The number of nitro benzene ring substituents is 1. The molecule has 7 nitrogen and oxygen atoms in total. The van der Waals surface area contributed by atoms with Gasteiger partial charge in [-0.3, -0.25) is 19.8 Å². The molecule has 1 heterocycles. The van der Waals surface area contributed by atoms with Crippen molar-refractivity contribution in [1.29, 1.82) is 0 Å². The highest BCUT2D eigenvalue weighted by atomic mass is 16.6. The average Bonchev–Trinajstić information content (AvgIpc) is 2.67. The molecular weight excluding hydrogens is 286 g/mol. The van der Waals surface area contributed by atoms with Gasteiger partial charge >= 0.3 is 6.03 Å². The maximum atomic E-state index is 12.3. The number of rotatable bonds is 5. The lowest BCUT2D eigenvalue weighted by Gasteiger charge is -2.15. The number of nitrogens with one attached hydrogen (secondary N) is 1. The molecule has 0 radical (unpaired) electrons. The van der Waals surface area contributed by atoms with Crippen molar-refractivity contribution in [3.63, 3.8) is 0 Å². The maximum Gasteiger partial charge on any atom is 0.325 e. The van der Waals surface area contributed by atoms with Crippen molar-refractivity contribution >= 4 is 17.6 Å². The van der Waals surface area contributed by atoms with E-state index in [2.05, 4.69) is 5.32 Å². The van der Waals surface area contributed by atoms with E-state index in [0.717, 1.165) is 4.90 Å². The molecule has 0 aromatic heterocycles. The molecule has 118 valence electrons. The van der Waals surface area contributed by atoms with Gasteiger partial charge in [-0.2, -0.15) is 0 Å². The summed E-state index contributed by atoms with van der Waals surface area (Å²) < 4.78 is 0.